The van der Waals surface area contributed by atoms with Gasteiger partial charge in [0.05, 0.1) is 34.2 Å². The number of carbonyl (C=O) groups is 1. The van der Waals surface area contributed by atoms with Gasteiger partial charge >= 0.3 is 6.03 Å². The molecule has 0 bridgehead atoms. The van der Waals surface area contributed by atoms with Crippen molar-refractivity contribution in [2.45, 2.75) is 25.9 Å². The van der Waals surface area contributed by atoms with E-state index in [0.717, 1.165) is 16.8 Å². The lowest BCUT2D eigenvalue weighted by Gasteiger charge is -2.29. The number of carbonyl (C=O) groups excluding carboxylic acids is 1. The molecule has 0 unspecified atom stereocenters. The topological polar surface area (TPSA) is 92.2 Å². The predicted octanol–water partition coefficient (Wildman–Crippen LogP) is 6.73. The van der Waals surface area contributed by atoms with E-state index >= 15 is 0 Å². The fourth-order valence-electron chi connectivity index (χ4n) is 5.14. The van der Waals surface area contributed by atoms with Crippen LogP contribution in [0.15, 0.2) is 102 Å². The van der Waals surface area contributed by atoms with Gasteiger partial charge in [-0.05, 0) is 53.6 Å². The molecule has 3 heterocycles. The summed E-state index contributed by atoms with van der Waals surface area (Å²) in [6.45, 7) is 0.994. The van der Waals surface area contributed by atoms with Crippen LogP contribution in [-0.2, 0) is 25.9 Å². The fraction of sp³-hybridized carbons (Fsp3) is 0.152. The normalized spacial score (nSPS) is 12.5. The number of amides is 2. The van der Waals surface area contributed by atoms with Crippen LogP contribution in [0.4, 0.5) is 16.4 Å². The van der Waals surface area contributed by atoms with Gasteiger partial charge in [-0.15, -0.1) is 0 Å². The molecule has 6 rings (SSSR count). The third-order valence-electron chi connectivity index (χ3n) is 7.36. The van der Waals surface area contributed by atoms with Crippen LogP contribution < -0.4 is 16.2 Å². The summed E-state index contributed by atoms with van der Waals surface area (Å²) in [5, 5.41) is 7.07. The molecule has 0 saturated carbocycles. The maximum absolute atomic E-state index is 14.1. The molecular formula is C33H28Cl2N6O2. The van der Waals surface area contributed by atoms with E-state index in [9.17, 15) is 9.59 Å². The summed E-state index contributed by atoms with van der Waals surface area (Å²) in [5.74, 6) is 0.452. The van der Waals surface area contributed by atoms with Crippen molar-refractivity contribution in [3.63, 3.8) is 0 Å². The zero-order chi connectivity index (χ0) is 29.8. The molecule has 0 fully saturated rings. The van der Waals surface area contributed by atoms with E-state index in [1.165, 1.54) is 0 Å². The Hall–Kier alpha value is -4.66. The molecule has 2 amide bonds. The van der Waals surface area contributed by atoms with Gasteiger partial charge in [-0.3, -0.25) is 9.78 Å². The van der Waals surface area contributed by atoms with Gasteiger partial charge in [0.1, 0.15) is 0 Å². The number of hydrogen-bond acceptors (Lipinski definition) is 5. The molecule has 0 aliphatic carbocycles. The highest BCUT2D eigenvalue weighted by Gasteiger charge is 2.27. The molecule has 8 nitrogen and oxygen atoms in total. The van der Waals surface area contributed by atoms with E-state index in [2.05, 4.69) is 27.8 Å². The second-order valence-electron chi connectivity index (χ2n) is 10.2. The molecule has 0 spiro atoms. The Kier molecular flexibility index (Phi) is 8.40. The minimum absolute atomic E-state index is 0.123. The number of rotatable bonds is 7. The minimum Gasteiger partial charge on any atom is -0.351 e. The van der Waals surface area contributed by atoms with Gasteiger partial charge in [-0.25, -0.2) is 14.3 Å². The third-order valence-corrected chi connectivity index (χ3v) is 7.90. The molecule has 1 aliphatic heterocycles. The van der Waals surface area contributed by atoms with Crippen molar-refractivity contribution >= 4 is 40.9 Å². The molecular weight excluding hydrogens is 583 g/mol. The van der Waals surface area contributed by atoms with Crippen molar-refractivity contribution < 1.29 is 4.79 Å². The number of halogens is 2. The number of benzene rings is 3. The molecule has 0 saturated heterocycles. The van der Waals surface area contributed by atoms with E-state index < -0.39 is 0 Å². The van der Waals surface area contributed by atoms with Crippen molar-refractivity contribution in [1.29, 1.82) is 0 Å². The first-order chi connectivity index (χ1) is 21.0. The predicted molar refractivity (Wildman–Crippen MR) is 170 cm³/mol. The summed E-state index contributed by atoms with van der Waals surface area (Å²) < 4.78 is 1.58. The number of nitrogens with zero attached hydrogens (tertiary/aromatic N) is 4. The number of aromatic nitrogens is 3. The summed E-state index contributed by atoms with van der Waals surface area (Å²) in [6, 6.07) is 28.0. The van der Waals surface area contributed by atoms with Gasteiger partial charge in [-0.2, -0.15) is 0 Å². The molecule has 5 aromatic rings. The average Bonchev–Trinajstić information content (AvgIpc) is 3.03. The van der Waals surface area contributed by atoms with Crippen LogP contribution in [0.25, 0.3) is 5.69 Å². The van der Waals surface area contributed by atoms with E-state index in [-0.39, 0.29) is 18.1 Å². The van der Waals surface area contributed by atoms with Gasteiger partial charge < -0.3 is 15.5 Å². The first-order valence-electron chi connectivity index (χ1n) is 13.9. The molecule has 0 atom stereocenters. The van der Waals surface area contributed by atoms with Crippen LogP contribution in [-0.4, -0.2) is 32.0 Å². The average molecular weight is 612 g/mol. The van der Waals surface area contributed by atoms with E-state index in [1.807, 2.05) is 60.7 Å². The van der Waals surface area contributed by atoms with Crippen molar-refractivity contribution in [3.05, 3.63) is 146 Å². The van der Waals surface area contributed by atoms with E-state index in [0.29, 0.717) is 64.6 Å². The van der Waals surface area contributed by atoms with Gasteiger partial charge in [0.2, 0.25) is 5.95 Å². The van der Waals surface area contributed by atoms with E-state index in [1.54, 1.807) is 33.9 Å². The zero-order valence-electron chi connectivity index (χ0n) is 23.1. The molecule has 43 heavy (non-hydrogen) atoms. The third kappa shape index (κ3) is 6.40. The second-order valence-corrected chi connectivity index (χ2v) is 11.0. The first-order valence-corrected chi connectivity index (χ1v) is 14.6. The SMILES string of the molecule is O=C(Nc1ccc(Cl)cc1Cl)N1CCc2nc(NCc3ccccc3Cc3ccccn3)n(-c3ccccc3)c(=O)c2C1. The van der Waals surface area contributed by atoms with Crippen LogP contribution in [0, 0.1) is 0 Å². The first kappa shape index (κ1) is 28.5. The van der Waals surface area contributed by atoms with Crippen LogP contribution in [0.2, 0.25) is 10.0 Å². The Morgan fingerprint density at radius 3 is 2.44 bits per heavy atom. The van der Waals surface area contributed by atoms with Gasteiger partial charge in [0.25, 0.3) is 5.56 Å². The summed E-state index contributed by atoms with van der Waals surface area (Å²) in [6.07, 6.45) is 2.93. The number of fused-ring (bicyclic) bond motifs is 1. The lowest BCUT2D eigenvalue weighted by atomic mass is 10.0. The maximum atomic E-state index is 14.1. The maximum Gasteiger partial charge on any atom is 0.322 e. The van der Waals surface area contributed by atoms with Crippen LogP contribution in [0.1, 0.15) is 28.1 Å². The largest absolute Gasteiger partial charge is 0.351 e. The monoisotopic (exact) mass is 610 g/mol. The van der Waals surface area contributed by atoms with Crippen molar-refractivity contribution in [1.82, 2.24) is 19.4 Å². The fourth-order valence-corrected chi connectivity index (χ4v) is 5.60. The Labute approximate surface area is 259 Å². The second kappa shape index (κ2) is 12.7. The lowest BCUT2D eigenvalue weighted by molar-refractivity contribution is 0.205. The molecule has 216 valence electrons. The minimum atomic E-state index is -0.354. The number of pyridine rings is 1. The lowest BCUT2D eigenvalue weighted by Crippen LogP contribution is -2.43. The summed E-state index contributed by atoms with van der Waals surface area (Å²) in [5.41, 5.74) is 5.28. The standard InChI is InChI=1S/C33H28Cl2N6O2/c34-24-13-14-30(28(35)19-24)39-33(43)40-17-15-29-27(21-40)31(42)41(26-11-2-1-3-12-26)32(38-29)37-20-23-9-5-4-8-22(23)18-25-10-6-7-16-36-25/h1-14,16,19H,15,17-18,20-21H2,(H,37,38)(H,39,43). The number of para-hydroxylation sites is 1. The van der Waals surface area contributed by atoms with E-state index in [4.69, 9.17) is 28.2 Å². The Morgan fingerprint density at radius 2 is 1.67 bits per heavy atom. The zero-order valence-corrected chi connectivity index (χ0v) is 24.6. The highest BCUT2D eigenvalue weighted by Crippen LogP contribution is 2.27. The number of anilines is 2. The summed E-state index contributed by atoms with van der Waals surface area (Å²) in [4.78, 5) is 38.2. The Balaban J connectivity index is 1.28. The molecule has 10 heteroatoms. The van der Waals surface area contributed by atoms with Gasteiger partial charge in [0.15, 0.2) is 0 Å². The summed E-state index contributed by atoms with van der Waals surface area (Å²) in [7, 11) is 0. The smallest absolute Gasteiger partial charge is 0.322 e. The van der Waals surface area contributed by atoms with Crippen molar-refractivity contribution in [2.24, 2.45) is 0 Å². The van der Waals surface area contributed by atoms with Crippen LogP contribution in [0.5, 0.6) is 0 Å². The van der Waals surface area contributed by atoms with Crippen LogP contribution >= 0.6 is 23.2 Å². The van der Waals surface area contributed by atoms with Crippen molar-refractivity contribution in [2.75, 3.05) is 17.2 Å². The van der Waals surface area contributed by atoms with Gasteiger partial charge in [-0.1, -0.05) is 71.7 Å². The number of nitrogens with one attached hydrogen (secondary N) is 2. The van der Waals surface area contributed by atoms with Crippen LogP contribution in [0.3, 0.4) is 0 Å². The Morgan fingerprint density at radius 1 is 0.907 bits per heavy atom. The number of hydrogen-bond donors (Lipinski definition) is 2. The molecule has 2 aromatic heterocycles. The number of urea groups is 1. The molecule has 2 N–H and O–H groups in total. The highest BCUT2D eigenvalue weighted by molar-refractivity contribution is 6.36. The summed E-state index contributed by atoms with van der Waals surface area (Å²) >= 11 is 12.3. The molecule has 0 radical (unpaired) electrons. The molecule has 1 aliphatic rings. The molecule has 3 aromatic carbocycles. The quantitative estimate of drug-likeness (QED) is 0.213. The highest BCUT2D eigenvalue weighted by atomic mass is 35.5. The van der Waals surface area contributed by atoms with Gasteiger partial charge in [0, 0.05) is 42.8 Å². The van der Waals surface area contributed by atoms with Crippen molar-refractivity contribution in [3.8, 4) is 5.69 Å². The Bertz CT molecular complexity index is 1830.